The van der Waals surface area contributed by atoms with Gasteiger partial charge in [-0.25, -0.2) is 8.78 Å². The van der Waals surface area contributed by atoms with Crippen LogP contribution in [0.5, 0.6) is 0 Å². The highest BCUT2D eigenvalue weighted by atomic mass is 19.3. The summed E-state index contributed by atoms with van der Waals surface area (Å²) in [5, 5.41) is 10.3. The van der Waals surface area contributed by atoms with Gasteiger partial charge in [-0.1, -0.05) is 30.3 Å². The number of ether oxygens (including phenoxy) is 1. The van der Waals surface area contributed by atoms with Crippen molar-refractivity contribution in [3.05, 3.63) is 35.9 Å². The molecule has 20 heavy (non-hydrogen) atoms. The van der Waals surface area contributed by atoms with Crippen molar-refractivity contribution in [3.63, 3.8) is 0 Å². The number of aliphatic hydroxyl groups is 1. The molecule has 0 aliphatic rings. The van der Waals surface area contributed by atoms with E-state index in [1.54, 1.807) is 30.3 Å². The molecule has 0 saturated heterocycles. The molecule has 1 rings (SSSR count). The Morgan fingerprint density at radius 2 is 1.80 bits per heavy atom. The van der Waals surface area contributed by atoms with Crippen molar-refractivity contribution in [2.45, 2.75) is 24.4 Å². The van der Waals surface area contributed by atoms with Crippen molar-refractivity contribution in [1.29, 1.82) is 0 Å². The highest BCUT2D eigenvalue weighted by Crippen LogP contribution is 2.26. The summed E-state index contributed by atoms with van der Waals surface area (Å²) in [6.45, 7) is -1.82. The molecule has 0 fully saturated rings. The summed E-state index contributed by atoms with van der Waals surface area (Å²) >= 11 is 0. The summed E-state index contributed by atoms with van der Waals surface area (Å²) in [4.78, 5) is 0. The van der Waals surface area contributed by atoms with Crippen LogP contribution in [0, 0.1) is 0 Å². The molecule has 1 aromatic rings. The zero-order valence-electron chi connectivity index (χ0n) is 10.7. The van der Waals surface area contributed by atoms with Crippen LogP contribution < -0.4 is 5.73 Å². The van der Waals surface area contributed by atoms with E-state index < -0.39 is 24.6 Å². The SMILES string of the molecule is NCC(O)(CCOCC(F)(F)C(F)F)c1ccccc1. The molecule has 114 valence electrons. The fraction of sp³-hybridized carbons (Fsp3) is 0.538. The molecule has 0 saturated carbocycles. The van der Waals surface area contributed by atoms with Gasteiger partial charge in [-0.3, -0.25) is 0 Å². The predicted molar refractivity (Wildman–Crippen MR) is 65.8 cm³/mol. The molecule has 0 aliphatic carbocycles. The molecule has 0 bridgehead atoms. The lowest BCUT2D eigenvalue weighted by molar-refractivity contribution is -0.168. The van der Waals surface area contributed by atoms with Gasteiger partial charge in [0.25, 0.3) is 0 Å². The first-order chi connectivity index (χ1) is 9.32. The molecule has 0 amide bonds. The van der Waals surface area contributed by atoms with Gasteiger partial charge in [0, 0.05) is 19.6 Å². The molecule has 3 nitrogen and oxygen atoms in total. The van der Waals surface area contributed by atoms with E-state index in [9.17, 15) is 22.7 Å². The average molecular weight is 295 g/mol. The minimum absolute atomic E-state index is 0.0627. The van der Waals surface area contributed by atoms with Crippen LogP contribution in [-0.4, -0.2) is 37.2 Å². The van der Waals surface area contributed by atoms with Crippen molar-refractivity contribution >= 4 is 0 Å². The smallest absolute Gasteiger partial charge is 0.330 e. The monoisotopic (exact) mass is 295 g/mol. The molecule has 3 N–H and O–H groups in total. The minimum Gasteiger partial charge on any atom is -0.384 e. The molecule has 0 aromatic heterocycles. The Morgan fingerprint density at radius 1 is 1.20 bits per heavy atom. The third-order valence-corrected chi connectivity index (χ3v) is 2.92. The summed E-state index contributed by atoms with van der Waals surface area (Å²) in [6, 6.07) is 8.42. The number of hydrogen-bond acceptors (Lipinski definition) is 3. The van der Waals surface area contributed by atoms with E-state index in [0.717, 1.165) is 0 Å². The lowest BCUT2D eigenvalue weighted by Gasteiger charge is -2.27. The predicted octanol–water partition coefficient (Wildman–Crippen LogP) is 2.14. The van der Waals surface area contributed by atoms with Crippen LogP contribution >= 0.6 is 0 Å². The van der Waals surface area contributed by atoms with Gasteiger partial charge in [0.2, 0.25) is 0 Å². The number of benzene rings is 1. The van der Waals surface area contributed by atoms with Gasteiger partial charge < -0.3 is 15.6 Å². The zero-order chi connectivity index (χ0) is 15.2. The minimum atomic E-state index is -4.19. The molecule has 1 aromatic carbocycles. The third kappa shape index (κ3) is 4.43. The zero-order valence-corrected chi connectivity index (χ0v) is 10.7. The fourth-order valence-corrected chi connectivity index (χ4v) is 1.62. The van der Waals surface area contributed by atoms with Crippen LogP contribution in [0.25, 0.3) is 0 Å². The Bertz CT molecular complexity index is 403. The Kier molecular flexibility index (Phi) is 5.91. The van der Waals surface area contributed by atoms with E-state index in [2.05, 4.69) is 4.74 Å². The quantitative estimate of drug-likeness (QED) is 0.570. The Morgan fingerprint density at radius 3 is 2.30 bits per heavy atom. The van der Waals surface area contributed by atoms with Crippen LogP contribution in [0.15, 0.2) is 30.3 Å². The van der Waals surface area contributed by atoms with Crippen molar-refractivity contribution in [3.8, 4) is 0 Å². The van der Waals surface area contributed by atoms with Gasteiger partial charge in [0.15, 0.2) is 0 Å². The van der Waals surface area contributed by atoms with Crippen LogP contribution in [0.4, 0.5) is 17.6 Å². The van der Waals surface area contributed by atoms with E-state index in [1.165, 1.54) is 0 Å². The van der Waals surface area contributed by atoms with Gasteiger partial charge in [-0.2, -0.15) is 8.78 Å². The largest absolute Gasteiger partial charge is 0.384 e. The maximum Gasteiger partial charge on any atom is 0.330 e. The first kappa shape index (κ1) is 16.9. The van der Waals surface area contributed by atoms with Gasteiger partial charge in [0.05, 0.1) is 0 Å². The maximum atomic E-state index is 12.6. The lowest BCUT2D eigenvalue weighted by atomic mass is 9.91. The maximum absolute atomic E-state index is 12.6. The van der Waals surface area contributed by atoms with Crippen LogP contribution in [0.1, 0.15) is 12.0 Å². The molecule has 1 unspecified atom stereocenters. The number of rotatable bonds is 8. The summed E-state index contributed by atoms with van der Waals surface area (Å²) in [7, 11) is 0. The van der Waals surface area contributed by atoms with Crippen LogP contribution in [-0.2, 0) is 10.3 Å². The van der Waals surface area contributed by atoms with Gasteiger partial charge >= 0.3 is 12.3 Å². The molecular formula is C13H17F4NO2. The summed E-state index contributed by atoms with van der Waals surface area (Å²) in [6.07, 6.45) is -3.84. The van der Waals surface area contributed by atoms with Crippen LogP contribution in [0.2, 0.25) is 0 Å². The highest BCUT2D eigenvalue weighted by molar-refractivity contribution is 5.22. The van der Waals surface area contributed by atoms with Crippen LogP contribution in [0.3, 0.4) is 0 Å². The molecule has 0 radical (unpaired) electrons. The number of alkyl halides is 4. The molecule has 7 heteroatoms. The highest BCUT2D eigenvalue weighted by Gasteiger charge is 2.41. The van der Waals surface area contributed by atoms with E-state index in [4.69, 9.17) is 5.73 Å². The number of hydrogen-bond donors (Lipinski definition) is 2. The van der Waals surface area contributed by atoms with Gasteiger partial charge in [0.1, 0.15) is 12.2 Å². The summed E-state index contributed by atoms with van der Waals surface area (Å²) in [5.74, 6) is -4.19. The third-order valence-electron chi connectivity index (χ3n) is 2.92. The molecule has 0 heterocycles. The van der Waals surface area contributed by atoms with E-state index >= 15 is 0 Å². The van der Waals surface area contributed by atoms with E-state index in [1.807, 2.05) is 0 Å². The Balaban J connectivity index is 2.51. The van der Waals surface area contributed by atoms with E-state index in [0.29, 0.717) is 5.56 Å². The second-order valence-corrected chi connectivity index (χ2v) is 4.47. The molecule has 1 atom stereocenters. The summed E-state index contributed by atoms with van der Waals surface area (Å²) < 4.78 is 53.6. The average Bonchev–Trinajstić information content (AvgIpc) is 2.44. The van der Waals surface area contributed by atoms with Gasteiger partial charge in [-0.05, 0) is 5.56 Å². The van der Waals surface area contributed by atoms with Crippen molar-refractivity contribution in [1.82, 2.24) is 0 Å². The first-order valence-corrected chi connectivity index (χ1v) is 6.03. The van der Waals surface area contributed by atoms with Crippen molar-refractivity contribution in [2.75, 3.05) is 19.8 Å². The normalized spacial score (nSPS) is 15.3. The Hall–Kier alpha value is -1.18. The topological polar surface area (TPSA) is 55.5 Å². The second kappa shape index (κ2) is 7.01. The fourth-order valence-electron chi connectivity index (χ4n) is 1.62. The number of halogens is 4. The van der Waals surface area contributed by atoms with Crippen molar-refractivity contribution in [2.24, 2.45) is 5.73 Å². The Labute approximate surface area is 114 Å². The molecular weight excluding hydrogens is 278 g/mol. The first-order valence-electron chi connectivity index (χ1n) is 6.03. The number of nitrogens with two attached hydrogens (primary N) is 1. The molecule has 0 spiro atoms. The standard InChI is InChI=1S/C13H17F4NO2/c14-11(15)13(16,17)9-20-7-6-12(19,8-18)10-4-2-1-3-5-10/h1-5,11,19H,6-9,18H2. The van der Waals surface area contributed by atoms with Crippen molar-refractivity contribution < 1.29 is 27.4 Å². The summed E-state index contributed by atoms with van der Waals surface area (Å²) in [5.41, 5.74) is 4.57. The van der Waals surface area contributed by atoms with Gasteiger partial charge in [-0.15, -0.1) is 0 Å². The lowest BCUT2D eigenvalue weighted by Crippen LogP contribution is -2.37. The molecule has 0 aliphatic heterocycles. The van der Waals surface area contributed by atoms with E-state index in [-0.39, 0.29) is 19.6 Å². The second-order valence-electron chi connectivity index (χ2n) is 4.47.